The molecule has 1 fully saturated rings. The van der Waals surface area contributed by atoms with Gasteiger partial charge in [0.1, 0.15) is 11.6 Å². The number of amides is 1. The van der Waals surface area contributed by atoms with Crippen molar-refractivity contribution in [3.05, 3.63) is 64.8 Å². The van der Waals surface area contributed by atoms with Crippen LogP contribution in [0, 0.1) is 5.82 Å². The van der Waals surface area contributed by atoms with Crippen molar-refractivity contribution in [1.82, 2.24) is 0 Å². The van der Waals surface area contributed by atoms with E-state index in [1.807, 2.05) is 6.92 Å². The molecule has 6 heteroatoms. The predicted octanol–water partition coefficient (Wildman–Crippen LogP) is 4.63. The predicted molar refractivity (Wildman–Crippen MR) is 99.7 cm³/mol. The van der Waals surface area contributed by atoms with E-state index >= 15 is 0 Å². The molecule has 0 aromatic heterocycles. The summed E-state index contributed by atoms with van der Waals surface area (Å²) < 4.78 is 19.1. The molecule has 24 heavy (non-hydrogen) atoms. The van der Waals surface area contributed by atoms with Gasteiger partial charge in [0.05, 0.1) is 17.2 Å². The van der Waals surface area contributed by atoms with E-state index in [0.29, 0.717) is 27.1 Å². The Morgan fingerprint density at radius 2 is 2.00 bits per heavy atom. The Morgan fingerprint density at radius 3 is 2.67 bits per heavy atom. The molecule has 2 aromatic rings. The van der Waals surface area contributed by atoms with Crippen LogP contribution < -0.4 is 9.64 Å². The Kier molecular flexibility index (Phi) is 4.97. The summed E-state index contributed by atoms with van der Waals surface area (Å²) in [6.07, 6.45) is 1.65. The van der Waals surface area contributed by atoms with Crippen molar-refractivity contribution >= 4 is 46.0 Å². The van der Waals surface area contributed by atoms with Gasteiger partial charge in [-0.1, -0.05) is 36.1 Å². The van der Waals surface area contributed by atoms with Crippen LogP contribution in [0.2, 0.25) is 0 Å². The first-order chi connectivity index (χ1) is 11.6. The molecule has 0 aliphatic carbocycles. The Morgan fingerprint density at radius 1 is 1.25 bits per heavy atom. The van der Waals surface area contributed by atoms with Gasteiger partial charge in [0, 0.05) is 0 Å². The van der Waals surface area contributed by atoms with Gasteiger partial charge in [-0.25, -0.2) is 4.39 Å². The molecule has 1 amide bonds. The highest BCUT2D eigenvalue weighted by Gasteiger charge is 2.33. The van der Waals surface area contributed by atoms with Gasteiger partial charge in [-0.05, 0) is 55.0 Å². The van der Waals surface area contributed by atoms with E-state index in [1.54, 1.807) is 42.5 Å². The summed E-state index contributed by atoms with van der Waals surface area (Å²) in [6, 6.07) is 13.3. The lowest BCUT2D eigenvalue weighted by molar-refractivity contribution is -0.113. The minimum absolute atomic E-state index is 0.210. The molecule has 0 atom stereocenters. The third-order valence-electron chi connectivity index (χ3n) is 3.35. The van der Waals surface area contributed by atoms with Gasteiger partial charge in [0.25, 0.3) is 5.91 Å². The Hall–Kier alpha value is -2.18. The number of carbonyl (C=O) groups excluding carboxylic acids is 1. The zero-order valence-corrected chi connectivity index (χ0v) is 14.5. The molecule has 0 bridgehead atoms. The van der Waals surface area contributed by atoms with Crippen LogP contribution in [0.3, 0.4) is 0 Å². The van der Waals surface area contributed by atoms with E-state index in [9.17, 15) is 9.18 Å². The lowest BCUT2D eigenvalue weighted by Crippen LogP contribution is -2.27. The maximum Gasteiger partial charge on any atom is 0.270 e. The Bertz CT molecular complexity index is 818. The van der Waals surface area contributed by atoms with Crippen LogP contribution in [-0.2, 0) is 4.79 Å². The molecule has 0 radical (unpaired) electrons. The highest BCUT2D eigenvalue weighted by Crippen LogP contribution is 2.36. The topological polar surface area (TPSA) is 29.5 Å². The number of anilines is 1. The molecule has 3 nitrogen and oxygen atoms in total. The van der Waals surface area contributed by atoms with Crippen molar-refractivity contribution in [2.24, 2.45) is 0 Å². The average molecular weight is 359 g/mol. The molecule has 0 spiro atoms. The van der Waals surface area contributed by atoms with Gasteiger partial charge in [0.2, 0.25) is 0 Å². The SMILES string of the molecule is CCOc1ccc(N2C(=O)/C(=C\c3cccc(F)c3)SC2=S)cc1. The first-order valence-corrected chi connectivity index (χ1v) is 8.57. The molecule has 122 valence electrons. The van der Waals surface area contributed by atoms with E-state index in [2.05, 4.69) is 0 Å². The summed E-state index contributed by atoms with van der Waals surface area (Å²) in [5.74, 6) is 0.186. The van der Waals surface area contributed by atoms with E-state index in [4.69, 9.17) is 17.0 Å². The number of hydrogen-bond donors (Lipinski definition) is 0. The first-order valence-electron chi connectivity index (χ1n) is 7.35. The summed E-state index contributed by atoms with van der Waals surface area (Å²) in [6.45, 7) is 2.49. The largest absolute Gasteiger partial charge is 0.494 e. The molecule has 1 aliphatic heterocycles. The maximum absolute atomic E-state index is 13.3. The van der Waals surface area contributed by atoms with Gasteiger partial charge < -0.3 is 4.74 Å². The fraction of sp³-hybridized carbons (Fsp3) is 0.111. The summed E-state index contributed by atoms with van der Waals surface area (Å²) in [4.78, 5) is 14.6. The third kappa shape index (κ3) is 3.49. The highest BCUT2D eigenvalue weighted by molar-refractivity contribution is 8.27. The number of benzene rings is 2. The highest BCUT2D eigenvalue weighted by atomic mass is 32.2. The Labute approximate surface area is 149 Å². The number of halogens is 1. The van der Waals surface area contributed by atoms with Crippen molar-refractivity contribution in [2.75, 3.05) is 11.5 Å². The van der Waals surface area contributed by atoms with Gasteiger partial charge in [-0.15, -0.1) is 0 Å². The monoisotopic (exact) mass is 359 g/mol. The number of thiocarbonyl (C=S) groups is 1. The minimum atomic E-state index is -0.342. The summed E-state index contributed by atoms with van der Waals surface area (Å²) >= 11 is 6.53. The second-order valence-corrected chi connectivity index (χ2v) is 6.67. The van der Waals surface area contributed by atoms with E-state index in [1.165, 1.54) is 28.8 Å². The number of carbonyl (C=O) groups is 1. The third-order valence-corrected chi connectivity index (χ3v) is 4.65. The zero-order chi connectivity index (χ0) is 17.1. The molecular formula is C18H14FNO2S2. The van der Waals surface area contributed by atoms with E-state index in [-0.39, 0.29) is 11.7 Å². The zero-order valence-electron chi connectivity index (χ0n) is 12.9. The van der Waals surface area contributed by atoms with Crippen LogP contribution in [0.25, 0.3) is 6.08 Å². The van der Waals surface area contributed by atoms with Gasteiger partial charge in [-0.3, -0.25) is 9.69 Å². The molecule has 0 unspecified atom stereocenters. The molecule has 1 aliphatic rings. The van der Waals surface area contributed by atoms with Crippen LogP contribution in [0.15, 0.2) is 53.4 Å². The second-order valence-electron chi connectivity index (χ2n) is 5.00. The molecular weight excluding hydrogens is 345 g/mol. The fourth-order valence-corrected chi connectivity index (χ4v) is 3.60. The van der Waals surface area contributed by atoms with Crippen LogP contribution in [-0.4, -0.2) is 16.8 Å². The summed E-state index contributed by atoms with van der Waals surface area (Å²) in [5, 5.41) is 0. The lowest BCUT2D eigenvalue weighted by atomic mass is 10.2. The normalized spacial score (nSPS) is 16.1. The molecule has 1 saturated heterocycles. The van der Waals surface area contributed by atoms with Crippen molar-refractivity contribution in [2.45, 2.75) is 6.92 Å². The van der Waals surface area contributed by atoms with Crippen LogP contribution >= 0.6 is 24.0 Å². The van der Waals surface area contributed by atoms with Crippen LogP contribution in [0.5, 0.6) is 5.75 Å². The first kappa shape index (κ1) is 16.7. The van der Waals surface area contributed by atoms with Crippen molar-refractivity contribution in [3.8, 4) is 5.75 Å². The quantitative estimate of drug-likeness (QED) is 0.588. The van der Waals surface area contributed by atoms with Gasteiger partial charge >= 0.3 is 0 Å². The van der Waals surface area contributed by atoms with E-state index < -0.39 is 0 Å². The number of hydrogen-bond acceptors (Lipinski definition) is 4. The number of rotatable bonds is 4. The summed E-state index contributed by atoms with van der Waals surface area (Å²) in [7, 11) is 0. The number of thioether (sulfide) groups is 1. The number of nitrogens with zero attached hydrogens (tertiary/aromatic N) is 1. The number of ether oxygens (including phenoxy) is 1. The Balaban J connectivity index is 1.86. The lowest BCUT2D eigenvalue weighted by Gasteiger charge is -2.15. The maximum atomic E-state index is 13.3. The van der Waals surface area contributed by atoms with Crippen molar-refractivity contribution < 1.29 is 13.9 Å². The minimum Gasteiger partial charge on any atom is -0.494 e. The molecule has 0 saturated carbocycles. The average Bonchev–Trinajstić information content (AvgIpc) is 2.83. The molecule has 2 aromatic carbocycles. The van der Waals surface area contributed by atoms with Crippen molar-refractivity contribution in [3.63, 3.8) is 0 Å². The fourth-order valence-electron chi connectivity index (χ4n) is 2.30. The molecule has 3 rings (SSSR count). The molecule has 0 N–H and O–H groups in total. The van der Waals surface area contributed by atoms with Crippen molar-refractivity contribution in [1.29, 1.82) is 0 Å². The van der Waals surface area contributed by atoms with E-state index in [0.717, 1.165) is 5.75 Å². The second kappa shape index (κ2) is 7.15. The van der Waals surface area contributed by atoms with Gasteiger partial charge in [0.15, 0.2) is 4.32 Å². The standard InChI is InChI=1S/C18H14FNO2S2/c1-2-22-15-8-6-14(7-9-15)20-17(21)16(24-18(20)23)11-12-4-3-5-13(19)10-12/h3-11H,2H2,1H3/b16-11+. The smallest absolute Gasteiger partial charge is 0.270 e. The van der Waals surface area contributed by atoms with Gasteiger partial charge in [-0.2, -0.15) is 0 Å². The molecule has 1 heterocycles. The van der Waals surface area contributed by atoms with Crippen LogP contribution in [0.1, 0.15) is 12.5 Å². The summed E-state index contributed by atoms with van der Waals surface area (Å²) in [5.41, 5.74) is 1.31. The van der Waals surface area contributed by atoms with Crippen LogP contribution in [0.4, 0.5) is 10.1 Å².